The van der Waals surface area contributed by atoms with Crippen molar-refractivity contribution in [3.05, 3.63) is 0 Å². The van der Waals surface area contributed by atoms with Crippen molar-refractivity contribution in [2.75, 3.05) is 5.75 Å². The Morgan fingerprint density at radius 1 is 1.60 bits per heavy atom. The molecule has 10 heavy (non-hydrogen) atoms. The van der Waals surface area contributed by atoms with Crippen molar-refractivity contribution in [1.82, 2.24) is 0 Å². The van der Waals surface area contributed by atoms with Gasteiger partial charge >= 0.3 is 0 Å². The molecule has 0 aromatic heterocycles. The number of rotatable bonds is 3. The second-order valence-corrected chi connectivity index (χ2v) is 3.19. The number of carbonyl (C=O) groups is 2. The Hall–Kier alpha value is -0.350. The third-order valence-electron chi connectivity index (χ3n) is 0.926. The van der Waals surface area contributed by atoms with E-state index in [1.54, 1.807) is 6.92 Å². The second-order valence-electron chi connectivity index (χ2n) is 2.04. The molecule has 58 valence electrons. The standard InChI is InChI=1S/C6H11NO2S/c1-4(7)6(9)3-10-5(2)8/h4H,3,7H2,1-2H3. The van der Waals surface area contributed by atoms with E-state index in [1.165, 1.54) is 6.92 Å². The zero-order chi connectivity index (χ0) is 8.15. The summed E-state index contributed by atoms with van der Waals surface area (Å²) in [5, 5.41) is -0.0472. The molecule has 0 saturated carbocycles. The van der Waals surface area contributed by atoms with Gasteiger partial charge in [0, 0.05) is 6.92 Å². The summed E-state index contributed by atoms with van der Waals surface area (Å²) in [5.41, 5.74) is 5.25. The van der Waals surface area contributed by atoms with Crippen molar-refractivity contribution in [3.63, 3.8) is 0 Å². The lowest BCUT2D eigenvalue weighted by molar-refractivity contribution is -0.117. The van der Waals surface area contributed by atoms with Crippen LogP contribution in [0.3, 0.4) is 0 Å². The summed E-state index contributed by atoms with van der Waals surface area (Å²) in [5.74, 6) is 0.118. The molecule has 0 aliphatic heterocycles. The maximum Gasteiger partial charge on any atom is 0.186 e. The molecule has 1 unspecified atom stereocenters. The number of carbonyl (C=O) groups excluding carboxylic acids is 2. The molecule has 0 aliphatic carbocycles. The molecule has 0 rings (SSSR count). The minimum atomic E-state index is -0.452. The van der Waals surface area contributed by atoms with Gasteiger partial charge in [-0.25, -0.2) is 0 Å². The molecule has 2 N–H and O–H groups in total. The Labute approximate surface area is 64.4 Å². The van der Waals surface area contributed by atoms with Crippen LogP contribution in [0.5, 0.6) is 0 Å². The lowest BCUT2D eigenvalue weighted by Gasteiger charge is -2.00. The summed E-state index contributed by atoms with van der Waals surface area (Å²) in [7, 11) is 0. The highest BCUT2D eigenvalue weighted by Gasteiger charge is 2.07. The third kappa shape index (κ3) is 4.52. The van der Waals surface area contributed by atoms with E-state index in [0.29, 0.717) is 0 Å². The van der Waals surface area contributed by atoms with Crippen molar-refractivity contribution < 1.29 is 9.59 Å². The Bertz CT molecular complexity index is 145. The van der Waals surface area contributed by atoms with Gasteiger partial charge in [-0.15, -0.1) is 0 Å². The molecule has 0 heterocycles. The molecule has 0 aromatic carbocycles. The number of Topliss-reactive ketones (excluding diaryl/α,β-unsaturated/α-hetero) is 1. The highest BCUT2D eigenvalue weighted by atomic mass is 32.2. The van der Waals surface area contributed by atoms with E-state index in [-0.39, 0.29) is 16.7 Å². The van der Waals surface area contributed by atoms with Crippen molar-refractivity contribution in [2.45, 2.75) is 19.9 Å². The minimum absolute atomic E-state index is 0.0472. The minimum Gasteiger partial charge on any atom is -0.322 e. The predicted octanol–water partition coefficient (Wildman–Crippen LogP) is 0.182. The van der Waals surface area contributed by atoms with Crippen LogP contribution in [0.25, 0.3) is 0 Å². The summed E-state index contributed by atoms with van der Waals surface area (Å²) >= 11 is 0.999. The van der Waals surface area contributed by atoms with Crippen LogP contribution in [0.4, 0.5) is 0 Å². The first kappa shape index (κ1) is 9.65. The van der Waals surface area contributed by atoms with Crippen molar-refractivity contribution in [1.29, 1.82) is 0 Å². The lowest BCUT2D eigenvalue weighted by atomic mass is 10.3. The van der Waals surface area contributed by atoms with Crippen LogP contribution in [0.15, 0.2) is 0 Å². The number of ketones is 1. The van der Waals surface area contributed by atoms with Crippen LogP contribution in [-0.2, 0) is 9.59 Å². The number of hydrogen-bond acceptors (Lipinski definition) is 4. The van der Waals surface area contributed by atoms with Crippen LogP contribution >= 0.6 is 11.8 Å². The molecule has 4 heteroatoms. The molecule has 0 aromatic rings. The zero-order valence-corrected chi connectivity index (χ0v) is 6.90. The first-order valence-electron chi connectivity index (χ1n) is 2.95. The quantitative estimate of drug-likeness (QED) is 0.641. The van der Waals surface area contributed by atoms with Crippen molar-refractivity contribution in [2.24, 2.45) is 5.73 Å². The summed E-state index contributed by atoms with van der Waals surface area (Å²) in [6, 6.07) is -0.452. The first-order chi connectivity index (χ1) is 4.54. The normalized spacial score (nSPS) is 12.7. The Morgan fingerprint density at radius 3 is 2.40 bits per heavy atom. The van der Waals surface area contributed by atoms with Crippen LogP contribution in [0.1, 0.15) is 13.8 Å². The molecular weight excluding hydrogens is 150 g/mol. The highest BCUT2D eigenvalue weighted by Crippen LogP contribution is 2.01. The van der Waals surface area contributed by atoms with E-state index in [4.69, 9.17) is 5.73 Å². The van der Waals surface area contributed by atoms with Gasteiger partial charge in [-0.05, 0) is 6.92 Å². The second kappa shape index (κ2) is 4.46. The monoisotopic (exact) mass is 161 g/mol. The van der Waals surface area contributed by atoms with Gasteiger partial charge in [-0.2, -0.15) is 0 Å². The Kier molecular flexibility index (Phi) is 4.31. The Balaban J connectivity index is 3.50. The van der Waals surface area contributed by atoms with E-state index in [2.05, 4.69) is 0 Å². The van der Waals surface area contributed by atoms with E-state index in [1.807, 2.05) is 0 Å². The molecule has 0 bridgehead atoms. The SMILES string of the molecule is CC(=O)SCC(=O)C(C)N. The molecule has 0 amide bonds. The zero-order valence-electron chi connectivity index (χ0n) is 6.09. The molecule has 0 saturated heterocycles. The van der Waals surface area contributed by atoms with Crippen LogP contribution in [0.2, 0.25) is 0 Å². The molecule has 0 spiro atoms. The van der Waals surface area contributed by atoms with Gasteiger partial charge < -0.3 is 5.73 Å². The van der Waals surface area contributed by atoms with Crippen molar-refractivity contribution in [3.8, 4) is 0 Å². The molecule has 0 aliphatic rings. The number of hydrogen-bond donors (Lipinski definition) is 1. The first-order valence-corrected chi connectivity index (χ1v) is 3.94. The molecule has 1 atom stereocenters. The maximum absolute atomic E-state index is 10.7. The molecular formula is C6H11NO2S. The predicted molar refractivity (Wildman–Crippen MR) is 41.8 cm³/mol. The maximum atomic E-state index is 10.7. The summed E-state index contributed by atoms with van der Waals surface area (Å²) in [6.07, 6.45) is 0. The smallest absolute Gasteiger partial charge is 0.186 e. The lowest BCUT2D eigenvalue weighted by Crippen LogP contribution is -2.28. The van der Waals surface area contributed by atoms with Crippen LogP contribution < -0.4 is 5.73 Å². The van der Waals surface area contributed by atoms with E-state index in [9.17, 15) is 9.59 Å². The van der Waals surface area contributed by atoms with E-state index in [0.717, 1.165) is 11.8 Å². The fourth-order valence-electron chi connectivity index (χ4n) is 0.304. The van der Waals surface area contributed by atoms with Crippen LogP contribution in [-0.4, -0.2) is 22.7 Å². The number of thioether (sulfide) groups is 1. The fraction of sp³-hybridized carbons (Fsp3) is 0.667. The van der Waals surface area contributed by atoms with E-state index >= 15 is 0 Å². The third-order valence-corrected chi connectivity index (χ3v) is 1.76. The van der Waals surface area contributed by atoms with Gasteiger partial charge in [-0.1, -0.05) is 11.8 Å². The molecule has 3 nitrogen and oxygen atoms in total. The van der Waals surface area contributed by atoms with Gasteiger partial charge in [-0.3, -0.25) is 9.59 Å². The topological polar surface area (TPSA) is 60.2 Å². The summed E-state index contributed by atoms with van der Waals surface area (Å²) in [6.45, 7) is 3.04. The highest BCUT2D eigenvalue weighted by molar-refractivity contribution is 8.14. The largest absolute Gasteiger partial charge is 0.322 e. The van der Waals surface area contributed by atoms with Gasteiger partial charge in [0.25, 0.3) is 0 Å². The molecule has 0 fully saturated rings. The summed E-state index contributed by atoms with van der Waals surface area (Å²) in [4.78, 5) is 21.1. The fourth-order valence-corrected chi connectivity index (χ4v) is 0.913. The van der Waals surface area contributed by atoms with Gasteiger partial charge in [0.15, 0.2) is 10.9 Å². The average molecular weight is 161 g/mol. The summed E-state index contributed by atoms with van der Waals surface area (Å²) < 4.78 is 0. The average Bonchev–Trinajstić information content (AvgIpc) is 1.82. The Morgan fingerprint density at radius 2 is 2.10 bits per heavy atom. The van der Waals surface area contributed by atoms with Gasteiger partial charge in [0.1, 0.15) is 0 Å². The van der Waals surface area contributed by atoms with Gasteiger partial charge in [0.2, 0.25) is 0 Å². The van der Waals surface area contributed by atoms with Gasteiger partial charge in [0.05, 0.1) is 11.8 Å². The van der Waals surface area contributed by atoms with E-state index < -0.39 is 6.04 Å². The molecule has 0 radical (unpaired) electrons. The van der Waals surface area contributed by atoms with Crippen LogP contribution in [0, 0.1) is 0 Å². The van der Waals surface area contributed by atoms with Crippen molar-refractivity contribution >= 4 is 22.7 Å². The number of nitrogens with two attached hydrogens (primary N) is 1.